The van der Waals surface area contributed by atoms with Crippen molar-refractivity contribution in [2.24, 2.45) is 5.92 Å². The SMILES string of the molecule is COc1ccc(CNC(=S)[C@@H](CCC2CCCCC2)NC(=O)[C@@H]2CSCN2C(=O)CO)cc1. The number of aliphatic hydroxyl groups excluding tert-OH is 1. The van der Waals surface area contributed by atoms with Crippen LogP contribution in [0.25, 0.3) is 0 Å². The zero-order chi connectivity index (χ0) is 23.6. The van der Waals surface area contributed by atoms with Crippen LogP contribution in [0.4, 0.5) is 0 Å². The number of thioether (sulfide) groups is 1. The summed E-state index contributed by atoms with van der Waals surface area (Å²) in [5, 5.41) is 15.7. The van der Waals surface area contributed by atoms with Crippen molar-refractivity contribution in [3.63, 3.8) is 0 Å². The second-order valence-electron chi connectivity index (χ2n) is 8.75. The molecule has 33 heavy (non-hydrogen) atoms. The van der Waals surface area contributed by atoms with Crippen molar-refractivity contribution in [1.29, 1.82) is 0 Å². The lowest BCUT2D eigenvalue weighted by Gasteiger charge is -2.28. The molecular weight excluding hydrogens is 458 g/mol. The topological polar surface area (TPSA) is 90.9 Å². The fraction of sp³-hybridized carbons (Fsp3) is 0.625. The van der Waals surface area contributed by atoms with Gasteiger partial charge >= 0.3 is 0 Å². The van der Waals surface area contributed by atoms with Crippen LogP contribution in [0.1, 0.15) is 50.5 Å². The number of benzene rings is 1. The Morgan fingerprint density at radius 1 is 1.24 bits per heavy atom. The van der Waals surface area contributed by atoms with Crippen molar-refractivity contribution in [3.8, 4) is 5.75 Å². The highest BCUT2D eigenvalue weighted by molar-refractivity contribution is 7.99. The lowest BCUT2D eigenvalue weighted by atomic mass is 9.85. The van der Waals surface area contributed by atoms with Gasteiger partial charge < -0.3 is 25.4 Å². The van der Waals surface area contributed by atoms with E-state index < -0.39 is 18.6 Å². The predicted molar refractivity (Wildman–Crippen MR) is 135 cm³/mol. The average molecular weight is 494 g/mol. The molecule has 1 heterocycles. The highest BCUT2D eigenvalue weighted by Gasteiger charge is 2.35. The molecule has 2 atom stereocenters. The normalized spacial score (nSPS) is 19.7. The van der Waals surface area contributed by atoms with Gasteiger partial charge in [-0.1, -0.05) is 56.5 Å². The minimum absolute atomic E-state index is 0.205. The average Bonchev–Trinajstić information content (AvgIpc) is 3.35. The van der Waals surface area contributed by atoms with Crippen molar-refractivity contribution in [2.45, 2.75) is 63.6 Å². The first-order chi connectivity index (χ1) is 16.0. The molecule has 1 saturated heterocycles. The molecule has 1 aromatic rings. The quantitative estimate of drug-likeness (QED) is 0.432. The van der Waals surface area contributed by atoms with Gasteiger partial charge in [0, 0.05) is 12.3 Å². The molecule has 3 N–H and O–H groups in total. The summed E-state index contributed by atoms with van der Waals surface area (Å²) in [6, 6.07) is 6.93. The van der Waals surface area contributed by atoms with Gasteiger partial charge in [-0.3, -0.25) is 9.59 Å². The minimum Gasteiger partial charge on any atom is -0.497 e. The van der Waals surface area contributed by atoms with Crippen LogP contribution < -0.4 is 15.4 Å². The van der Waals surface area contributed by atoms with Gasteiger partial charge in [-0.25, -0.2) is 0 Å². The molecular formula is C24H35N3O4S2. The van der Waals surface area contributed by atoms with E-state index in [4.69, 9.17) is 17.0 Å². The minimum atomic E-state index is -0.586. The fourth-order valence-electron chi connectivity index (χ4n) is 4.47. The van der Waals surface area contributed by atoms with Gasteiger partial charge in [0.05, 0.1) is 24.0 Å². The lowest BCUT2D eigenvalue weighted by Crippen LogP contribution is -2.53. The van der Waals surface area contributed by atoms with Gasteiger partial charge in [-0.05, 0) is 36.5 Å². The molecule has 0 spiro atoms. The lowest BCUT2D eigenvalue weighted by molar-refractivity contribution is -0.140. The van der Waals surface area contributed by atoms with E-state index in [-0.39, 0.29) is 11.9 Å². The number of carbonyl (C=O) groups is 2. The predicted octanol–water partition coefficient (Wildman–Crippen LogP) is 2.85. The Hall–Kier alpha value is -1.84. The van der Waals surface area contributed by atoms with Crippen molar-refractivity contribution < 1.29 is 19.4 Å². The van der Waals surface area contributed by atoms with Crippen LogP contribution in [0.5, 0.6) is 5.75 Å². The molecule has 1 aromatic carbocycles. The summed E-state index contributed by atoms with van der Waals surface area (Å²) < 4.78 is 5.21. The highest BCUT2D eigenvalue weighted by Crippen LogP contribution is 2.28. The number of nitrogens with zero attached hydrogens (tertiary/aromatic N) is 1. The zero-order valence-corrected chi connectivity index (χ0v) is 20.9. The molecule has 0 radical (unpaired) electrons. The number of nitrogens with one attached hydrogen (secondary N) is 2. The van der Waals surface area contributed by atoms with Crippen LogP contribution in [0.3, 0.4) is 0 Å². The van der Waals surface area contributed by atoms with E-state index in [1.165, 1.54) is 48.8 Å². The van der Waals surface area contributed by atoms with Gasteiger partial charge in [0.1, 0.15) is 18.4 Å². The van der Waals surface area contributed by atoms with E-state index in [9.17, 15) is 14.7 Å². The third-order valence-electron chi connectivity index (χ3n) is 6.49. The third kappa shape index (κ3) is 7.58. The Morgan fingerprint density at radius 3 is 2.64 bits per heavy atom. The van der Waals surface area contributed by atoms with Crippen LogP contribution in [0.2, 0.25) is 0 Å². The molecule has 9 heteroatoms. The first-order valence-corrected chi connectivity index (χ1v) is 13.3. The number of amides is 2. The largest absolute Gasteiger partial charge is 0.497 e. The first kappa shape index (κ1) is 25.8. The van der Waals surface area contributed by atoms with E-state index >= 15 is 0 Å². The number of rotatable bonds is 10. The first-order valence-electron chi connectivity index (χ1n) is 11.7. The molecule has 3 rings (SSSR count). The second kappa shape index (κ2) is 13.2. The van der Waals surface area contributed by atoms with E-state index in [0.717, 1.165) is 24.2 Å². The van der Waals surface area contributed by atoms with Crippen LogP contribution in [-0.2, 0) is 16.1 Å². The van der Waals surface area contributed by atoms with E-state index in [1.54, 1.807) is 7.11 Å². The number of hydrogen-bond donors (Lipinski definition) is 3. The number of thiocarbonyl (C=S) groups is 1. The van der Waals surface area contributed by atoms with E-state index in [1.807, 2.05) is 24.3 Å². The fourth-order valence-corrected chi connectivity index (χ4v) is 5.90. The maximum atomic E-state index is 13.1. The molecule has 0 aromatic heterocycles. The van der Waals surface area contributed by atoms with E-state index in [0.29, 0.717) is 29.1 Å². The number of hydrogen-bond acceptors (Lipinski definition) is 6. The molecule has 2 amide bonds. The summed E-state index contributed by atoms with van der Waals surface area (Å²) in [5.74, 6) is 1.80. The molecule has 1 saturated carbocycles. The highest BCUT2D eigenvalue weighted by atomic mass is 32.2. The van der Waals surface area contributed by atoms with Crippen molar-refractivity contribution in [2.75, 3.05) is 25.3 Å². The van der Waals surface area contributed by atoms with Crippen molar-refractivity contribution in [1.82, 2.24) is 15.5 Å². The number of aliphatic hydroxyl groups is 1. The van der Waals surface area contributed by atoms with Gasteiger partial charge in [0.15, 0.2) is 0 Å². The summed E-state index contributed by atoms with van der Waals surface area (Å²) >= 11 is 7.23. The number of methoxy groups -OCH3 is 1. The summed E-state index contributed by atoms with van der Waals surface area (Å²) in [7, 11) is 1.64. The summed E-state index contributed by atoms with van der Waals surface area (Å²) in [4.78, 5) is 27.2. The molecule has 2 fully saturated rings. The number of ether oxygens (including phenoxy) is 1. The Labute approximate surface area is 206 Å². The van der Waals surface area contributed by atoms with Gasteiger partial charge in [-0.15, -0.1) is 11.8 Å². The van der Waals surface area contributed by atoms with Gasteiger partial charge in [-0.2, -0.15) is 0 Å². The Balaban J connectivity index is 1.61. The smallest absolute Gasteiger partial charge is 0.249 e. The van der Waals surface area contributed by atoms with Crippen LogP contribution in [-0.4, -0.2) is 64.2 Å². The molecule has 2 aliphatic rings. The molecule has 182 valence electrons. The second-order valence-corrected chi connectivity index (χ2v) is 10.2. The van der Waals surface area contributed by atoms with Crippen LogP contribution in [0.15, 0.2) is 24.3 Å². The maximum absolute atomic E-state index is 13.1. The Morgan fingerprint density at radius 2 is 1.97 bits per heavy atom. The molecule has 0 unspecified atom stereocenters. The van der Waals surface area contributed by atoms with Crippen molar-refractivity contribution >= 4 is 40.8 Å². The summed E-state index contributed by atoms with van der Waals surface area (Å²) in [6.07, 6.45) is 8.15. The van der Waals surface area contributed by atoms with Crippen molar-refractivity contribution in [3.05, 3.63) is 29.8 Å². The Bertz CT molecular complexity index is 799. The third-order valence-corrected chi connectivity index (χ3v) is 7.93. The monoisotopic (exact) mass is 493 g/mol. The summed E-state index contributed by atoms with van der Waals surface area (Å²) in [5.41, 5.74) is 1.07. The standard InChI is InChI=1S/C24H35N3O4S2/c1-31-19-10-7-18(8-11-19)13-25-24(32)20(12-9-17-5-3-2-4-6-17)26-23(30)21-15-33-16-27(21)22(29)14-28/h7-8,10-11,17,20-21,28H,2-6,9,12-16H2,1H3,(H,25,32)(H,26,30)/t20-,21+/m1/s1. The molecule has 1 aliphatic heterocycles. The van der Waals surface area contributed by atoms with Gasteiger partial charge in [0.25, 0.3) is 0 Å². The maximum Gasteiger partial charge on any atom is 0.249 e. The van der Waals surface area contributed by atoms with E-state index in [2.05, 4.69) is 10.6 Å². The summed E-state index contributed by atoms with van der Waals surface area (Å²) in [6.45, 7) is -0.0235. The van der Waals surface area contributed by atoms with Crippen LogP contribution >= 0.6 is 24.0 Å². The van der Waals surface area contributed by atoms with Crippen LogP contribution in [0, 0.1) is 5.92 Å². The number of carbonyl (C=O) groups excluding carboxylic acids is 2. The molecule has 0 bridgehead atoms. The molecule has 7 nitrogen and oxygen atoms in total. The molecule has 1 aliphatic carbocycles. The van der Waals surface area contributed by atoms with Gasteiger partial charge in [0.2, 0.25) is 11.8 Å². The Kier molecular flexibility index (Phi) is 10.3. The zero-order valence-electron chi connectivity index (χ0n) is 19.3.